The topological polar surface area (TPSA) is 58.2 Å². The van der Waals surface area contributed by atoms with Crippen molar-refractivity contribution in [3.05, 3.63) is 52.2 Å². The predicted molar refractivity (Wildman–Crippen MR) is 116 cm³/mol. The molecule has 1 heterocycles. The lowest BCUT2D eigenvalue weighted by molar-refractivity contribution is -0.140. The molecule has 1 aromatic heterocycles. The molecule has 6 rings (SSSR count). The molecule has 4 bridgehead atoms. The summed E-state index contributed by atoms with van der Waals surface area (Å²) in [6.07, 6.45) is 7.61. The van der Waals surface area contributed by atoms with Crippen LogP contribution in [0.15, 0.2) is 41.8 Å². The second-order valence-electron chi connectivity index (χ2n) is 9.38. The SMILES string of the molecule is O=C(Cc1ccc(NC(=O)C23CC4CC(CC(C4)C2)C3)cc1)NCc1cccs1. The fourth-order valence-corrected chi connectivity index (χ4v) is 6.85. The van der Waals surface area contributed by atoms with E-state index in [4.69, 9.17) is 0 Å². The number of rotatable bonds is 6. The first kappa shape index (κ1) is 18.9. The van der Waals surface area contributed by atoms with Crippen LogP contribution in [0.2, 0.25) is 0 Å². The van der Waals surface area contributed by atoms with Crippen LogP contribution in [0.5, 0.6) is 0 Å². The van der Waals surface area contributed by atoms with Crippen molar-refractivity contribution in [2.45, 2.75) is 51.5 Å². The number of benzene rings is 1. The van der Waals surface area contributed by atoms with Crippen molar-refractivity contribution in [1.82, 2.24) is 5.32 Å². The van der Waals surface area contributed by atoms with Crippen LogP contribution in [-0.4, -0.2) is 11.8 Å². The lowest BCUT2D eigenvalue weighted by atomic mass is 9.49. The number of thiophene rings is 1. The lowest BCUT2D eigenvalue weighted by Gasteiger charge is -2.55. The Balaban J connectivity index is 1.16. The van der Waals surface area contributed by atoms with Gasteiger partial charge in [0.25, 0.3) is 0 Å². The van der Waals surface area contributed by atoms with Crippen molar-refractivity contribution in [3.8, 4) is 0 Å². The zero-order chi connectivity index (χ0) is 19.8. The molecule has 2 amide bonds. The molecule has 4 fully saturated rings. The third-order valence-corrected chi connectivity index (χ3v) is 8.01. The van der Waals surface area contributed by atoms with E-state index in [0.717, 1.165) is 53.1 Å². The molecule has 4 aliphatic rings. The van der Waals surface area contributed by atoms with E-state index in [2.05, 4.69) is 10.6 Å². The van der Waals surface area contributed by atoms with E-state index in [1.165, 1.54) is 19.3 Å². The van der Waals surface area contributed by atoms with E-state index in [1.54, 1.807) is 11.3 Å². The van der Waals surface area contributed by atoms with Crippen LogP contribution in [0.1, 0.15) is 49.0 Å². The number of hydrogen-bond donors (Lipinski definition) is 2. The maximum absolute atomic E-state index is 13.2. The number of nitrogens with one attached hydrogen (secondary N) is 2. The quantitative estimate of drug-likeness (QED) is 0.724. The van der Waals surface area contributed by atoms with Crippen molar-refractivity contribution in [1.29, 1.82) is 0 Å². The third-order valence-electron chi connectivity index (χ3n) is 7.14. The van der Waals surface area contributed by atoms with Gasteiger partial charge in [0.15, 0.2) is 0 Å². The van der Waals surface area contributed by atoms with Crippen LogP contribution in [0.25, 0.3) is 0 Å². The van der Waals surface area contributed by atoms with Gasteiger partial charge in [-0.3, -0.25) is 9.59 Å². The molecular formula is C24H28N2O2S. The van der Waals surface area contributed by atoms with Gasteiger partial charge in [0.05, 0.1) is 18.4 Å². The van der Waals surface area contributed by atoms with E-state index in [9.17, 15) is 9.59 Å². The fraction of sp³-hybridized carbons (Fsp3) is 0.500. The highest BCUT2D eigenvalue weighted by Gasteiger charge is 2.54. The molecule has 2 N–H and O–H groups in total. The van der Waals surface area contributed by atoms with Crippen LogP contribution < -0.4 is 10.6 Å². The molecule has 0 radical (unpaired) electrons. The number of anilines is 1. The Kier molecular flexibility index (Phi) is 4.94. The zero-order valence-electron chi connectivity index (χ0n) is 16.7. The van der Waals surface area contributed by atoms with Crippen molar-refractivity contribution >= 4 is 28.8 Å². The molecule has 152 valence electrons. The summed E-state index contributed by atoms with van der Waals surface area (Å²) in [6, 6.07) is 11.8. The summed E-state index contributed by atoms with van der Waals surface area (Å²) in [5.41, 5.74) is 1.67. The average Bonchev–Trinajstić information content (AvgIpc) is 3.20. The first-order valence-electron chi connectivity index (χ1n) is 10.8. The van der Waals surface area contributed by atoms with E-state index in [1.807, 2.05) is 41.8 Å². The number of carbonyl (C=O) groups excluding carboxylic acids is 2. The average molecular weight is 409 g/mol. The van der Waals surface area contributed by atoms with Crippen molar-refractivity contribution in [2.24, 2.45) is 23.2 Å². The van der Waals surface area contributed by atoms with Crippen LogP contribution in [0.4, 0.5) is 5.69 Å². The van der Waals surface area contributed by atoms with E-state index in [-0.39, 0.29) is 17.2 Å². The van der Waals surface area contributed by atoms with Crippen LogP contribution >= 0.6 is 11.3 Å². The Morgan fingerprint density at radius 1 is 0.966 bits per heavy atom. The minimum atomic E-state index is -0.130. The summed E-state index contributed by atoms with van der Waals surface area (Å²) in [5.74, 6) is 2.54. The normalized spacial score (nSPS) is 29.6. The maximum atomic E-state index is 13.2. The van der Waals surface area contributed by atoms with Gasteiger partial charge in [0, 0.05) is 10.6 Å². The number of carbonyl (C=O) groups is 2. The first-order chi connectivity index (χ1) is 14.1. The minimum absolute atomic E-state index is 0.0174. The molecule has 5 heteroatoms. The summed E-state index contributed by atoms with van der Waals surface area (Å²) in [7, 11) is 0. The van der Waals surface area contributed by atoms with Crippen molar-refractivity contribution in [3.63, 3.8) is 0 Å². The molecule has 0 saturated heterocycles. The van der Waals surface area contributed by atoms with Crippen LogP contribution in [0.3, 0.4) is 0 Å². The molecule has 4 nitrogen and oxygen atoms in total. The van der Waals surface area contributed by atoms with E-state index in [0.29, 0.717) is 13.0 Å². The van der Waals surface area contributed by atoms with Gasteiger partial charge >= 0.3 is 0 Å². The van der Waals surface area contributed by atoms with Gasteiger partial charge in [0.1, 0.15) is 0 Å². The van der Waals surface area contributed by atoms with Gasteiger partial charge in [0.2, 0.25) is 11.8 Å². The van der Waals surface area contributed by atoms with Crippen molar-refractivity contribution < 1.29 is 9.59 Å². The summed E-state index contributed by atoms with van der Waals surface area (Å²) in [4.78, 5) is 26.5. The molecule has 29 heavy (non-hydrogen) atoms. The van der Waals surface area contributed by atoms with Gasteiger partial charge in [-0.05, 0) is 85.4 Å². The van der Waals surface area contributed by atoms with Gasteiger partial charge in [-0.25, -0.2) is 0 Å². The number of amides is 2. The molecular weight excluding hydrogens is 380 g/mol. The Morgan fingerprint density at radius 2 is 1.62 bits per heavy atom. The van der Waals surface area contributed by atoms with Gasteiger partial charge in [-0.15, -0.1) is 11.3 Å². The molecule has 4 aliphatic carbocycles. The summed E-state index contributed by atoms with van der Waals surface area (Å²) in [5, 5.41) is 8.15. The second kappa shape index (κ2) is 7.60. The van der Waals surface area contributed by atoms with E-state index >= 15 is 0 Å². The molecule has 0 aliphatic heterocycles. The van der Waals surface area contributed by atoms with E-state index < -0.39 is 0 Å². The molecule has 0 spiro atoms. The Labute approximate surface area is 176 Å². The highest BCUT2D eigenvalue weighted by Crippen LogP contribution is 2.60. The smallest absolute Gasteiger partial charge is 0.230 e. The largest absolute Gasteiger partial charge is 0.351 e. The minimum Gasteiger partial charge on any atom is -0.351 e. The highest BCUT2D eigenvalue weighted by molar-refractivity contribution is 7.09. The molecule has 1 aromatic carbocycles. The van der Waals surface area contributed by atoms with Gasteiger partial charge in [-0.2, -0.15) is 0 Å². The standard InChI is InChI=1S/C24H28N2O2S/c27-22(25-15-21-2-1-7-29-21)11-16-3-5-20(6-4-16)26-23(28)24-12-17-8-18(13-24)10-19(9-17)14-24/h1-7,17-19H,8-15H2,(H,25,27)(H,26,28). The first-order valence-corrected chi connectivity index (χ1v) is 11.7. The molecule has 4 saturated carbocycles. The summed E-state index contributed by atoms with van der Waals surface area (Å²) in [6.45, 7) is 0.579. The third kappa shape index (κ3) is 3.97. The molecule has 2 aromatic rings. The summed E-state index contributed by atoms with van der Waals surface area (Å²) >= 11 is 1.64. The van der Waals surface area contributed by atoms with Crippen molar-refractivity contribution in [2.75, 3.05) is 5.32 Å². The Bertz CT molecular complexity index is 853. The zero-order valence-corrected chi connectivity index (χ0v) is 17.5. The monoisotopic (exact) mass is 408 g/mol. The molecule has 0 unspecified atom stereocenters. The van der Waals surface area contributed by atoms with Gasteiger partial charge < -0.3 is 10.6 Å². The van der Waals surface area contributed by atoms with Crippen LogP contribution in [0, 0.1) is 23.2 Å². The Morgan fingerprint density at radius 3 is 2.21 bits per heavy atom. The fourth-order valence-electron chi connectivity index (χ4n) is 6.21. The Hall–Kier alpha value is -2.14. The van der Waals surface area contributed by atoms with Crippen LogP contribution in [-0.2, 0) is 22.6 Å². The lowest BCUT2D eigenvalue weighted by Crippen LogP contribution is -2.51. The number of hydrogen-bond acceptors (Lipinski definition) is 3. The second-order valence-corrected chi connectivity index (χ2v) is 10.4. The highest BCUT2D eigenvalue weighted by atomic mass is 32.1. The maximum Gasteiger partial charge on any atom is 0.230 e. The van der Waals surface area contributed by atoms with Gasteiger partial charge in [-0.1, -0.05) is 18.2 Å². The summed E-state index contributed by atoms with van der Waals surface area (Å²) < 4.78 is 0. The molecule has 0 atom stereocenters. The predicted octanol–water partition coefficient (Wildman–Crippen LogP) is 4.76.